The van der Waals surface area contributed by atoms with E-state index in [1.54, 1.807) is 0 Å². The van der Waals surface area contributed by atoms with E-state index in [9.17, 15) is 0 Å². The summed E-state index contributed by atoms with van der Waals surface area (Å²) in [6.07, 6.45) is 5.59. The van der Waals surface area contributed by atoms with E-state index in [-0.39, 0.29) is 0 Å². The average Bonchev–Trinajstić information content (AvgIpc) is 2.45. The van der Waals surface area contributed by atoms with Gasteiger partial charge < -0.3 is 10.2 Å². The molecule has 0 saturated carbocycles. The fraction of sp³-hybridized carbons (Fsp3) is 0.706. The van der Waals surface area contributed by atoms with Crippen molar-refractivity contribution in [2.24, 2.45) is 5.41 Å². The Morgan fingerprint density at radius 2 is 2.05 bits per heavy atom. The molecule has 1 aliphatic rings. The van der Waals surface area contributed by atoms with Crippen molar-refractivity contribution in [1.82, 2.24) is 10.3 Å². The molecule has 1 saturated heterocycles. The second kappa shape index (κ2) is 6.57. The van der Waals surface area contributed by atoms with Gasteiger partial charge in [-0.05, 0) is 44.2 Å². The van der Waals surface area contributed by atoms with E-state index in [0.29, 0.717) is 11.5 Å². The van der Waals surface area contributed by atoms with E-state index in [4.69, 9.17) is 0 Å². The molecular formula is C17H29N3. The lowest BCUT2D eigenvalue weighted by atomic mass is 9.82. The Hall–Kier alpha value is -1.09. The van der Waals surface area contributed by atoms with Crippen molar-refractivity contribution in [2.45, 2.75) is 53.0 Å². The average molecular weight is 275 g/mol. The summed E-state index contributed by atoms with van der Waals surface area (Å²) in [5.41, 5.74) is 1.82. The van der Waals surface area contributed by atoms with Crippen LogP contribution in [0.2, 0.25) is 0 Å². The Bertz CT molecular complexity index is 418. The van der Waals surface area contributed by atoms with Crippen molar-refractivity contribution in [3.05, 3.63) is 23.9 Å². The zero-order valence-electron chi connectivity index (χ0n) is 13.4. The smallest absolute Gasteiger partial charge is 0.133 e. The van der Waals surface area contributed by atoms with Crippen molar-refractivity contribution in [2.75, 3.05) is 24.5 Å². The van der Waals surface area contributed by atoms with E-state index in [0.717, 1.165) is 26.1 Å². The molecule has 1 fully saturated rings. The summed E-state index contributed by atoms with van der Waals surface area (Å²) in [5.74, 6) is 1.18. The van der Waals surface area contributed by atoms with Crippen LogP contribution in [0.5, 0.6) is 0 Å². The normalized spacial score (nSPS) is 19.9. The molecule has 3 heteroatoms. The molecule has 0 bridgehead atoms. The van der Waals surface area contributed by atoms with Crippen LogP contribution in [0.25, 0.3) is 0 Å². The number of piperidine rings is 1. The molecule has 0 radical (unpaired) electrons. The van der Waals surface area contributed by atoms with E-state index in [1.807, 2.05) is 6.20 Å². The topological polar surface area (TPSA) is 28.2 Å². The minimum absolute atomic E-state index is 0.369. The number of nitrogens with one attached hydrogen (secondary N) is 1. The third-order valence-corrected chi connectivity index (χ3v) is 4.40. The maximum atomic E-state index is 4.67. The molecule has 1 aromatic heterocycles. The van der Waals surface area contributed by atoms with Gasteiger partial charge in [0.15, 0.2) is 0 Å². The molecule has 1 aromatic rings. The summed E-state index contributed by atoms with van der Waals surface area (Å²) in [5, 5.41) is 3.58. The van der Waals surface area contributed by atoms with Gasteiger partial charge in [0, 0.05) is 30.9 Å². The summed E-state index contributed by atoms with van der Waals surface area (Å²) in [6.45, 7) is 12.5. The second-order valence-electron chi connectivity index (χ2n) is 6.74. The quantitative estimate of drug-likeness (QED) is 0.886. The van der Waals surface area contributed by atoms with E-state index >= 15 is 0 Å². The van der Waals surface area contributed by atoms with Gasteiger partial charge in [-0.1, -0.05) is 26.8 Å². The van der Waals surface area contributed by atoms with Crippen LogP contribution in [-0.4, -0.2) is 24.6 Å². The lowest BCUT2D eigenvalue weighted by molar-refractivity contribution is 0.278. The fourth-order valence-corrected chi connectivity index (χ4v) is 2.81. The lowest BCUT2D eigenvalue weighted by Crippen LogP contribution is -2.38. The van der Waals surface area contributed by atoms with Gasteiger partial charge in [0.1, 0.15) is 5.82 Å². The molecule has 2 heterocycles. The Labute approximate surface area is 123 Å². The van der Waals surface area contributed by atoms with Gasteiger partial charge >= 0.3 is 0 Å². The van der Waals surface area contributed by atoms with Gasteiger partial charge in [0.25, 0.3) is 0 Å². The van der Waals surface area contributed by atoms with Crippen molar-refractivity contribution in [3.8, 4) is 0 Å². The third kappa shape index (κ3) is 3.72. The minimum atomic E-state index is 0.369. The first-order valence-corrected chi connectivity index (χ1v) is 7.97. The highest BCUT2D eigenvalue weighted by molar-refractivity contribution is 5.48. The molecule has 20 heavy (non-hydrogen) atoms. The van der Waals surface area contributed by atoms with Gasteiger partial charge in [-0.3, -0.25) is 0 Å². The third-order valence-electron chi connectivity index (χ3n) is 4.40. The number of rotatable bonds is 5. The maximum absolute atomic E-state index is 4.67. The van der Waals surface area contributed by atoms with Crippen LogP contribution in [0.3, 0.4) is 0 Å². The maximum Gasteiger partial charge on any atom is 0.133 e. The van der Waals surface area contributed by atoms with E-state index < -0.39 is 0 Å². The van der Waals surface area contributed by atoms with Crippen molar-refractivity contribution < 1.29 is 0 Å². The number of nitrogens with zero attached hydrogens (tertiary/aromatic N) is 2. The molecule has 2 rings (SSSR count). The first-order chi connectivity index (χ1) is 9.53. The molecule has 0 amide bonds. The standard InChI is InChI=1S/C17H29N3/c1-5-10-18-14(2)15-7-6-11-19-16(15)20-12-8-17(3,4)9-13-20/h6-7,11,14,18H,5,8-10,12-13H2,1-4H3. The Kier molecular flexibility index (Phi) is 5.03. The Balaban J connectivity index is 2.12. The lowest BCUT2D eigenvalue weighted by Gasteiger charge is -2.38. The van der Waals surface area contributed by atoms with Crippen LogP contribution < -0.4 is 10.2 Å². The van der Waals surface area contributed by atoms with Gasteiger partial charge in [-0.2, -0.15) is 0 Å². The van der Waals surface area contributed by atoms with Crippen LogP contribution >= 0.6 is 0 Å². The van der Waals surface area contributed by atoms with Crippen LogP contribution in [0.15, 0.2) is 18.3 Å². The first kappa shape index (κ1) is 15.3. The molecule has 1 atom stereocenters. The number of aromatic nitrogens is 1. The summed E-state index contributed by atoms with van der Waals surface area (Å²) >= 11 is 0. The van der Waals surface area contributed by atoms with Crippen LogP contribution in [0.1, 0.15) is 58.6 Å². The SMILES string of the molecule is CCCNC(C)c1cccnc1N1CCC(C)(C)CC1. The molecular weight excluding hydrogens is 246 g/mol. The predicted octanol–water partition coefficient (Wildman–Crippen LogP) is 3.77. The van der Waals surface area contributed by atoms with Gasteiger partial charge in [0.05, 0.1) is 0 Å². The van der Waals surface area contributed by atoms with Crippen molar-refractivity contribution in [3.63, 3.8) is 0 Å². The van der Waals surface area contributed by atoms with Crippen LogP contribution in [0, 0.1) is 5.41 Å². The zero-order chi connectivity index (χ0) is 14.6. The molecule has 1 unspecified atom stereocenters. The van der Waals surface area contributed by atoms with Gasteiger partial charge in [0.2, 0.25) is 0 Å². The molecule has 0 aliphatic carbocycles. The van der Waals surface area contributed by atoms with E-state index in [1.165, 1.54) is 24.2 Å². The highest BCUT2D eigenvalue weighted by Crippen LogP contribution is 2.33. The Morgan fingerprint density at radius 1 is 1.35 bits per heavy atom. The predicted molar refractivity (Wildman–Crippen MR) is 86.2 cm³/mol. The molecule has 1 aliphatic heterocycles. The summed E-state index contributed by atoms with van der Waals surface area (Å²) in [4.78, 5) is 7.13. The van der Waals surface area contributed by atoms with Gasteiger partial charge in [-0.15, -0.1) is 0 Å². The number of hydrogen-bond acceptors (Lipinski definition) is 3. The highest BCUT2D eigenvalue weighted by atomic mass is 15.2. The zero-order valence-corrected chi connectivity index (χ0v) is 13.4. The summed E-state index contributed by atoms with van der Waals surface area (Å²) < 4.78 is 0. The second-order valence-corrected chi connectivity index (χ2v) is 6.74. The number of pyridine rings is 1. The Morgan fingerprint density at radius 3 is 2.70 bits per heavy atom. The summed E-state index contributed by atoms with van der Waals surface area (Å²) in [7, 11) is 0. The fourth-order valence-electron chi connectivity index (χ4n) is 2.81. The highest BCUT2D eigenvalue weighted by Gasteiger charge is 2.27. The van der Waals surface area contributed by atoms with Crippen LogP contribution in [-0.2, 0) is 0 Å². The van der Waals surface area contributed by atoms with Crippen molar-refractivity contribution in [1.29, 1.82) is 0 Å². The van der Waals surface area contributed by atoms with Crippen molar-refractivity contribution >= 4 is 5.82 Å². The largest absolute Gasteiger partial charge is 0.356 e. The molecule has 0 aromatic carbocycles. The molecule has 112 valence electrons. The minimum Gasteiger partial charge on any atom is -0.356 e. The molecule has 0 spiro atoms. The number of hydrogen-bond donors (Lipinski definition) is 1. The summed E-state index contributed by atoms with van der Waals surface area (Å²) in [6, 6.07) is 4.64. The monoisotopic (exact) mass is 275 g/mol. The van der Waals surface area contributed by atoms with E-state index in [2.05, 4.69) is 55.0 Å². The molecule has 3 nitrogen and oxygen atoms in total. The van der Waals surface area contributed by atoms with Crippen LogP contribution in [0.4, 0.5) is 5.82 Å². The number of anilines is 1. The molecule has 1 N–H and O–H groups in total. The van der Waals surface area contributed by atoms with Gasteiger partial charge in [-0.25, -0.2) is 4.98 Å². The first-order valence-electron chi connectivity index (χ1n) is 7.97.